The van der Waals surface area contributed by atoms with Crippen molar-refractivity contribution >= 4 is 0 Å². The molecule has 0 heterocycles. The van der Waals surface area contributed by atoms with Gasteiger partial charge in [0.2, 0.25) is 0 Å². The summed E-state index contributed by atoms with van der Waals surface area (Å²) in [7, 11) is 0. The van der Waals surface area contributed by atoms with Crippen molar-refractivity contribution in [2.24, 2.45) is 0 Å². The average molecular weight is 515 g/mol. The zero-order valence-corrected chi connectivity index (χ0v) is 24.7. The first-order valence-electron chi connectivity index (χ1n) is 15.3. The molecule has 0 atom stereocenters. The van der Waals surface area contributed by atoms with Gasteiger partial charge in [-0.3, -0.25) is 0 Å². The summed E-state index contributed by atoms with van der Waals surface area (Å²) in [5, 5.41) is 11.2. The van der Waals surface area contributed by atoms with Gasteiger partial charge in [-0.25, -0.2) is 0 Å². The molecule has 1 aromatic carbocycles. The van der Waals surface area contributed by atoms with E-state index in [2.05, 4.69) is 47.6 Å². The second kappa shape index (κ2) is 12.0. The minimum Gasteiger partial charge on any atom is -0.508 e. The highest BCUT2D eigenvalue weighted by atomic mass is 16.5. The van der Waals surface area contributed by atoms with Gasteiger partial charge in [-0.05, 0) is 97.3 Å². The number of ether oxygens (including phenoxy) is 3. The van der Waals surface area contributed by atoms with Crippen molar-refractivity contribution in [2.45, 2.75) is 173 Å². The molecule has 4 nitrogen and oxygen atoms in total. The predicted octanol–water partition coefficient (Wildman–Crippen LogP) is 8.23. The molecule has 0 saturated heterocycles. The van der Waals surface area contributed by atoms with Crippen LogP contribution in [0.5, 0.6) is 5.75 Å². The van der Waals surface area contributed by atoms with Gasteiger partial charge in [0.05, 0.1) is 35.1 Å². The Morgan fingerprint density at radius 3 is 1.32 bits per heavy atom. The quantitative estimate of drug-likeness (QED) is 0.305. The van der Waals surface area contributed by atoms with Crippen LogP contribution < -0.4 is 0 Å². The summed E-state index contributed by atoms with van der Waals surface area (Å²) in [6, 6.07) is 4.03. The Morgan fingerprint density at radius 2 is 0.919 bits per heavy atom. The van der Waals surface area contributed by atoms with Crippen LogP contribution in [0.1, 0.15) is 135 Å². The van der Waals surface area contributed by atoms with Crippen molar-refractivity contribution in [1.82, 2.24) is 0 Å². The summed E-state index contributed by atoms with van der Waals surface area (Å²) < 4.78 is 19.9. The van der Waals surface area contributed by atoms with Crippen LogP contribution in [0.15, 0.2) is 12.1 Å². The van der Waals surface area contributed by atoms with Crippen molar-refractivity contribution in [2.75, 3.05) is 0 Å². The maximum atomic E-state index is 11.2. The fourth-order valence-corrected chi connectivity index (χ4v) is 7.12. The number of rotatable bonds is 12. The summed E-state index contributed by atoms with van der Waals surface area (Å²) in [6.07, 6.45) is 17.9. The molecule has 3 aliphatic rings. The van der Waals surface area contributed by atoms with E-state index in [4.69, 9.17) is 14.2 Å². The lowest BCUT2D eigenvalue weighted by atomic mass is 9.82. The molecule has 0 radical (unpaired) electrons. The van der Waals surface area contributed by atoms with Crippen molar-refractivity contribution in [3.8, 4) is 5.75 Å². The van der Waals surface area contributed by atoms with Gasteiger partial charge in [0, 0.05) is 24.8 Å². The van der Waals surface area contributed by atoms with Gasteiger partial charge in [-0.1, -0.05) is 44.6 Å². The first-order chi connectivity index (χ1) is 17.4. The van der Waals surface area contributed by atoms with E-state index >= 15 is 0 Å². The van der Waals surface area contributed by atoms with E-state index in [1.807, 2.05) is 6.07 Å². The Hall–Kier alpha value is -1.10. The summed E-state index contributed by atoms with van der Waals surface area (Å²) in [5.74, 6) is 0.382. The lowest BCUT2D eigenvalue weighted by Gasteiger charge is -2.35. The minimum absolute atomic E-state index is 0.260. The highest BCUT2D eigenvalue weighted by Gasteiger charge is 2.34. The maximum absolute atomic E-state index is 11.2. The average Bonchev–Trinajstić information content (AvgIpc) is 3.56. The smallest absolute Gasteiger partial charge is 0.119 e. The highest BCUT2D eigenvalue weighted by Crippen LogP contribution is 2.38. The molecule has 3 aliphatic carbocycles. The maximum Gasteiger partial charge on any atom is 0.119 e. The number of hydrogen-bond acceptors (Lipinski definition) is 4. The molecule has 0 spiro atoms. The van der Waals surface area contributed by atoms with Crippen molar-refractivity contribution in [3.63, 3.8) is 0 Å². The lowest BCUT2D eigenvalue weighted by Crippen LogP contribution is -2.36. The van der Waals surface area contributed by atoms with Crippen LogP contribution in [0.3, 0.4) is 0 Å². The first-order valence-corrected chi connectivity index (χ1v) is 15.3. The predicted molar refractivity (Wildman–Crippen MR) is 151 cm³/mol. The van der Waals surface area contributed by atoms with Gasteiger partial charge < -0.3 is 19.3 Å². The van der Waals surface area contributed by atoms with Crippen molar-refractivity contribution in [3.05, 3.63) is 28.8 Å². The zero-order chi connectivity index (χ0) is 26.7. The first kappa shape index (κ1) is 28.9. The molecule has 3 saturated carbocycles. The van der Waals surface area contributed by atoms with Crippen LogP contribution in [-0.4, -0.2) is 40.2 Å². The van der Waals surface area contributed by atoms with E-state index in [9.17, 15) is 5.11 Å². The third-order valence-electron chi connectivity index (χ3n) is 8.69. The Morgan fingerprint density at radius 1 is 0.568 bits per heavy atom. The number of phenols is 1. The van der Waals surface area contributed by atoms with Gasteiger partial charge >= 0.3 is 0 Å². The van der Waals surface area contributed by atoms with E-state index in [1.54, 1.807) is 0 Å². The van der Waals surface area contributed by atoms with Crippen molar-refractivity contribution < 1.29 is 19.3 Å². The molecule has 0 amide bonds. The number of hydrogen-bond donors (Lipinski definition) is 1. The zero-order valence-electron chi connectivity index (χ0n) is 24.7. The third kappa shape index (κ3) is 8.44. The topological polar surface area (TPSA) is 47.9 Å². The SMILES string of the molecule is CC(C)(Cc1ccc(O)c(CC(C)(C)OC2CCCC2)c1CC(C)(C)OC1CCCC1)OC1CCCC1. The van der Waals surface area contributed by atoms with Crippen molar-refractivity contribution in [1.29, 1.82) is 0 Å². The molecule has 3 fully saturated rings. The van der Waals surface area contributed by atoms with Crippen LogP contribution in [0.25, 0.3) is 0 Å². The Balaban J connectivity index is 1.61. The van der Waals surface area contributed by atoms with E-state index in [0.717, 1.165) is 44.1 Å². The molecule has 37 heavy (non-hydrogen) atoms. The van der Waals surface area contributed by atoms with Gasteiger partial charge in [0.25, 0.3) is 0 Å². The van der Waals surface area contributed by atoms with Gasteiger partial charge in [-0.2, -0.15) is 0 Å². The molecular formula is C33H54O4. The van der Waals surface area contributed by atoms with E-state index in [0.29, 0.717) is 30.5 Å². The fraction of sp³-hybridized carbons (Fsp3) is 0.818. The van der Waals surface area contributed by atoms with Gasteiger partial charge in [0.1, 0.15) is 5.75 Å². The molecule has 210 valence electrons. The van der Waals surface area contributed by atoms with Crippen LogP contribution in [0, 0.1) is 0 Å². The normalized spacial score (nSPS) is 20.9. The molecule has 0 aliphatic heterocycles. The second-order valence-corrected chi connectivity index (χ2v) is 14.1. The molecule has 4 rings (SSSR count). The van der Waals surface area contributed by atoms with Gasteiger partial charge in [-0.15, -0.1) is 0 Å². The van der Waals surface area contributed by atoms with Gasteiger partial charge in [0.15, 0.2) is 0 Å². The number of phenolic OH excluding ortho intramolecular Hbond substituents is 1. The Labute approximate surface area is 226 Å². The summed E-state index contributed by atoms with van der Waals surface area (Å²) in [4.78, 5) is 0. The number of aromatic hydroxyl groups is 1. The third-order valence-corrected chi connectivity index (χ3v) is 8.69. The highest BCUT2D eigenvalue weighted by molar-refractivity contribution is 5.46. The standard InChI is InChI=1S/C33H54O4/c1-31(2,35-25-13-7-8-14-25)21-24-19-20-30(34)29(23-33(5,6)37-27-17-11-12-18-27)28(24)22-32(3,4)36-26-15-9-10-16-26/h19-20,25-27,34H,7-18,21-23H2,1-6H3. The van der Waals surface area contributed by atoms with Crippen LogP contribution >= 0.6 is 0 Å². The summed E-state index contributed by atoms with van der Waals surface area (Å²) >= 11 is 0. The van der Waals surface area contributed by atoms with E-state index < -0.39 is 0 Å². The molecule has 0 bridgehead atoms. The molecule has 0 unspecified atom stereocenters. The molecule has 4 heteroatoms. The second-order valence-electron chi connectivity index (χ2n) is 14.1. The number of benzene rings is 1. The largest absolute Gasteiger partial charge is 0.508 e. The molecular weight excluding hydrogens is 460 g/mol. The van der Waals surface area contributed by atoms with Crippen LogP contribution in [0.4, 0.5) is 0 Å². The monoisotopic (exact) mass is 514 g/mol. The van der Waals surface area contributed by atoms with E-state index in [-0.39, 0.29) is 16.8 Å². The molecule has 1 aromatic rings. The fourth-order valence-electron chi connectivity index (χ4n) is 7.12. The van der Waals surface area contributed by atoms with Crippen LogP contribution in [-0.2, 0) is 33.5 Å². The summed E-state index contributed by atoms with van der Waals surface area (Å²) in [5.41, 5.74) is 2.63. The summed E-state index contributed by atoms with van der Waals surface area (Å²) in [6.45, 7) is 13.3. The van der Waals surface area contributed by atoms with E-state index in [1.165, 1.54) is 62.5 Å². The Bertz CT molecular complexity index is 869. The Kier molecular flexibility index (Phi) is 9.34. The molecule has 1 N–H and O–H groups in total. The van der Waals surface area contributed by atoms with Crippen LogP contribution in [0.2, 0.25) is 0 Å². The molecule has 0 aromatic heterocycles. The lowest BCUT2D eigenvalue weighted by molar-refractivity contribution is -0.0727. The minimum atomic E-state index is -0.341.